The van der Waals surface area contributed by atoms with Crippen LogP contribution in [-0.4, -0.2) is 58.7 Å². The van der Waals surface area contributed by atoms with Gasteiger partial charge in [0.05, 0.1) is 0 Å². The van der Waals surface area contributed by atoms with Crippen molar-refractivity contribution in [3.05, 3.63) is 0 Å². The van der Waals surface area contributed by atoms with E-state index in [-0.39, 0.29) is 6.10 Å². The van der Waals surface area contributed by atoms with Gasteiger partial charge in [0.1, 0.15) is 6.10 Å². The number of esters is 1. The summed E-state index contributed by atoms with van der Waals surface area (Å²) in [5.41, 5.74) is 0. The summed E-state index contributed by atoms with van der Waals surface area (Å²) in [5, 5.41) is 29.5. The molecule has 0 saturated carbocycles. The molecule has 0 amide bonds. The molecule has 7 nitrogen and oxygen atoms in total. The van der Waals surface area contributed by atoms with Crippen molar-refractivity contribution >= 4 is 11.9 Å². The average Bonchev–Trinajstić information content (AvgIpc) is 2.28. The number of carbonyl (C=O) groups is 2. The third-order valence-electron chi connectivity index (χ3n) is 2.33. The molecule has 1 aliphatic rings. The van der Waals surface area contributed by atoms with E-state index in [9.17, 15) is 9.59 Å². The molecule has 0 bridgehead atoms. The number of carboxylic acid groups (broad SMARTS) is 1. The van der Waals surface area contributed by atoms with Gasteiger partial charge in [0.15, 0.2) is 12.2 Å². The van der Waals surface area contributed by atoms with Gasteiger partial charge in [-0.1, -0.05) is 0 Å². The highest BCUT2D eigenvalue weighted by molar-refractivity contribution is 5.84. The Kier molecular flexibility index (Phi) is 4.66. The maximum absolute atomic E-state index is 11.2. The number of aliphatic hydroxyl groups excluding tert-OH is 2. The summed E-state index contributed by atoms with van der Waals surface area (Å²) in [6.45, 7) is 1.32. The number of hydrogen-bond acceptors (Lipinski definition) is 6. The van der Waals surface area contributed by atoms with Crippen molar-refractivity contribution in [2.24, 2.45) is 0 Å². The van der Waals surface area contributed by atoms with Crippen LogP contribution in [0.2, 0.25) is 0 Å². The van der Waals surface area contributed by atoms with Crippen LogP contribution in [0, 0.1) is 0 Å². The second kappa shape index (κ2) is 5.78. The van der Waals surface area contributed by atoms with Crippen LogP contribution < -0.4 is 5.32 Å². The van der Waals surface area contributed by atoms with Crippen molar-refractivity contribution in [1.82, 2.24) is 5.32 Å². The number of carbonyl (C=O) groups excluding carboxylic acids is 1. The van der Waals surface area contributed by atoms with E-state index in [0.717, 1.165) is 13.0 Å². The average molecular weight is 233 g/mol. The quantitative estimate of drug-likeness (QED) is 0.418. The van der Waals surface area contributed by atoms with Gasteiger partial charge in [-0.2, -0.15) is 0 Å². The zero-order valence-electron chi connectivity index (χ0n) is 8.63. The van der Waals surface area contributed by atoms with E-state index in [4.69, 9.17) is 20.1 Å². The molecule has 0 aliphatic carbocycles. The zero-order valence-corrected chi connectivity index (χ0v) is 8.63. The first-order chi connectivity index (χ1) is 7.52. The van der Waals surface area contributed by atoms with E-state index in [1.165, 1.54) is 0 Å². The summed E-state index contributed by atoms with van der Waals surface area (Å²) in [4.78, 5) is 21.5. The van der Waals surface area contributed by atoms with Crippen LogP contribution in [0.1, 0.15) is 12.8 Å². The fraction of sp³-hybridized carbons (Fsp3) is 0.778. The fourth-order valence-corrected chi connectivity index (χ4v) is 1.42. The molecule has 1 fully saturated rings. The first-order valence-corrected chi connectivity index (χ1v) is 5.02. The molecule has 0 radical (unpaired) electrons. The minimum atomic E-state index is -2.15. The maximum atomic E-state index is 11.2. The zero-order chi connectivity index (χ0) is 12.1. The van der Waals surface area contributed by atoms with Crippen molar-refractivity contribution in [3.8, 4) is 0 Å². The molecule has 0 aromatic rings. The molecule has 1 unspecified atom stereocenters. The SMILES string of the molecule is O=C(OC1CCCNC1)[C@@H](O)[C@@H](O)C(=O)O. The van der Waals surface area contributed by atoms with Crippen LogP contribution in [0.3, 0.4) is 0 Å². The molecule has 0 spiro atoms. The number of piperidine rings is 1. The van der Waals surface area contributed by atoms with E-state index >= 15 is 0 Å². The molecular formula is C9H15NO6. The van der Waals surface area contributed by atoms with Crippen molar-refractivity contribution in [1.29, 1.82) is 0 Å². The molecule has 92 valence electrons. The van der Waals surface area contributed by atoms with E-state index in [2.05, 4.69) is 5.32 Å². The standard InChI is InChI=1S/C9H15NO6/c11-6(8(13)14)7(12)9(15)16-5-2-1-3-10-4-5/h5-7,10-12H,1-4H2,(H,13,14)/t5?,6-,7+/m1/s1. The predicted octanol–water partition coefficient (Wildman–Crippen LogP) is -1.91. The lowest BCUT2D eigenvalue weighted by atomic mass is 10.1. The van der Waals surface area contributed by atoms with E-state index in [0.29, 0.717) is 13.0 Å². The van der Waals surface area contributed by atoms with E-state index < -0.39 is 24.1 Å². The Bertz CT molecular complexity index is 263. The van der Waals surface area contributed by atoms with Gasteiger partial charge in [-0.15, -0.1) is 0 Å². The van der Waals surface area contributed by atoms with Crippen molar-refractivity contribution < 1.29 is 29.6 Å². The lowest BCUT2D eigenvalue weighted by Gasteiger charge is -2.24. The summed E-state index contributed by atoms with van der Waals surface area (Å²) in [5.74, 6) is -2.77. The second-order valence-corrected chi connectivity index (χ2v) is 3.63. The number of nitrogens with one attached hydrogen (secondary N) is 1. The highest BCUT2D eigenvalue weighted by atomic mass is 16.6. The monoisotopic (exact) mass is 233 g/mol. The van der Waals surface area contributed by atoms with Crippen molar-refractivity contribution in [3.63, 3.8) is 0 Å². The van der Waals surface area contributed by atoms with Crippen LogP contribution in [0.4, 0.5) is 0 Å². The number of rotatable bonds is 4. The lowest BCUT2D eigenvalue weighted by Crippen LogP contribution is -2.44. The number of ether oxygens (including phenoxy) is 1. The predicted molar refractivity (Wildman–Crippen MR) is 51.6 cm³/mol. The Morgan fingerprint density at radius 1 is 1.31 bits per heavy atom. The molecule has 16 heavy (non-hydrogen) atoms. The first kappa shape index (κ1) is 12.9. The lowest BCUT2D eigenvalue weighted by molar-refractivity contribution is -0.174. The molecule has 0 aromatic carbocycles. The minimum absolute atomic E-state index is 0.378. The number of aliphatic carboxylic acids is 1. The summed E-state index contributed by atoms with van der Waals surface area (Å²) in [6, 6.07) is 0. The molecule has 1 saturated heterocycles. The van der Waals surface area contributed by atoms with E-state index in [1.807, 2.05) is 0 Å². The molecule has 7 heteroatoms. The van der Waals surface area contributed by atoms with Gasteiger partial charge >= 0.3 is 11.9 Å². The topological polar surface area (TPSA) is 116 Å². The van der Waals surface area contributed by atoms with Crippen molar-refractivity contribution in [2.45, 2.75) is 31.2 Å². The molecule has 1 heterocycles. The van der Waals surface area contributed by atoms with Gasteiger partial charge in [-0.05, 0) is 19.4 Å². The summed E-state index contributed by atoms with van der Waals surface area (Å²) < 4.78 is 4.85. The smallest absolute Gasteiger partial charge is 0.338 e. The number of carboxylic acids is 1. The Hall–Kier alpha value is -1.18. The largest absolute Gasteiger partial charge is 0.479 e. The van der Waals surface area contributed by atoms with Crippen LogP contribution in [-0.2, 0) is 14.3 Å². The summed E-state index contributed by atoms with van der Waals surface area (Å²) in [6.07, 6.45) is -3.06. The van der Waals surface area contributed by atoms with E-state index in [1.54, 1.807) is 0 Å². The number of hydrogen-bond donors (Lipinski definition) is 4. The second-order valence-electron chi connectivity index (χ2n) is 3.63. The number of aliphatic hydroxyl groups is 2. The molecule has 3 atom stereocenters. The van der Waals surface area contributed by atoms with Crippen LogP contribution in [0.25, 0.3) is 0 Å². The minimum Gasteiger partial charge on any atom is -0.479 e. The normalized spacial score (nSPS) is 24.5. The van der Waals surface area contributed by atoms with Gasteiger partial charge in [0, 0.05) is 6.54 Å². The highest BCUT2D eigenvalue weighted by Gasteiger charge is 2.33. The van der Waals surface area contributed by atoms with Crippen LogP contribution in [0.5, 0.6) is 0 Å². The van der Waals surface area contributed by atoms with Gasteiger partial charge in [-0.3, -0.25) is 0 Å². The Labute approximate surface area is 92.0 Å². The van der Waals surface area contributed by atoms with Gasteiger partial charge in [-0.25, -0.2) is 9.59 Å². The third-order valence-corrected chi connectivity index (χ3v) is 2.33. The van der Waals surface area contributed by atoms with Gasteiger partial charge in [0.25, 0.3) is 0 Å². The Balaban J connectivity index is 2.41. The third kappa shape index (κ3) is 3.44. The van der Waals surface area contributed by atoms with Gasteiger partial charge < -0.3 is 25.4 Å². The molecule has 4 N–H and O–H groups in total. The molecule has 1 aliphatic heterocycles. The Morgan fingerprint density at radius 2 is 2.00 bits per heavy atom. The van der Waals surface area contributed by atoms with Crippen LogP contribution >= 0.6 is 0 Å². The summed E-state index contributed by atoms with van der Waals surface area (Å²) in [7, 11) is 0. The highest BCUT2D eigenvalue weighted by Crippen LogP contribution is 2.08. The van der Waals surface area contributed by atoms with Gasteiger partial charge in [0.2, 0.25) is 0 Å². The molecule has 1 rings (SSSR count). The van der Waals surface area contributed by atoms with Crippen LogP contribution in [0.15, 0.2) is 0 Å². The molecule has 0 aromatic heterocycles. The first-order valence-electron chi connectivity index (χ1n) is 5.02. The molecular weight excluding hydrogens is 218 g/mol. The maximum Gasteiger partial charge on any atom is 0.338 e. The summed E-state index contributed by atoms with van der Waals surface area (Å²) >= 11 is 0. The van der Waals surface area contributed by atoms with Crippen molar-refractivity contribution in [2.75, 3.05) is 13.1 Å². The Morgan fingerprint density at radius 3 is 2.50 bits per heavy atom. The fourth-order valence-electron chi connectivity index (χ4n) is 1.42.